The average Bonchev–Trinajstić information content (AvgIpc) is 3.70. The first kappa shape index (κ1) is 34.9. The summed E-state index contributed by atoms with van der Waals surface area (Å²) in [5, 5.41) is 2.91. The molecule has 0 unspecified atom stereocenters. The molecule has 47 heavy (non-hydrogen) atoms. The first-order chi connectivity index (χ1) is 22.2. The van der Waals surface area contributed by atoms with Crippen LogP contribution in [0.3, 0.4) is 0 Å². The molecular formula is C35H44F2N3O6P. The number of hydrogen-bond acceptors (Lipinski definition) is 6. The maximum absolute atomic E-state index is 15.4. The number of carbonyl (C=O) groups is 3. The standard InChI is InChI=1S/C35H44F2N3O6P/c1-6-45-47(44,46-7-2)35(36,37)28-15-14-24-19-27(20-26(24)21-28)31(41)38-30(34(3,4)5)33(43)40-17-10-13-29(40)32(42)39-18-16-23-11-8-9-12-25(23)22-39/h8-9,11-12,14-15,20-21,29-30H,6-7,10,13,16-19,22H2,1-5H3,(H,38,41)/t29-,30+/m0/s1. The summed E-state index contributed by atoms with van der Waals surface area (Å²) in [4.78, 5) is 44.9. The highest BCUT2D eigenvalue weighted by Crippen LogP contribution is 2.67. The number of nitrogens with zero attached hydrogens (tertiary/aromatic N) is 2. The van der Waals surface area contributed by atoms with Crippen LogP contribution >= 0.6 is 7.60 Å². The largest absolute Gasteiger partial charge is 0.404 e. The maximum atomic E-state index is 15.4. The topological polar surface area (TPSA) is 105 Å². The summed E-state index contributed by atoms with van der Waals surface area (Å²) in [6.07, 6.45) is 3.69. The molecule has 254 valence electrons. The summed E-state index contributed by atoms with van der Waals surface area (Å²) < 4.78 is 53.7. The molecule has 0 radical (unpaired) electrons. The van der Waals surface area contributed by atoms with Gasteiger partial charge in [0, 0.05) is 37.2 Å². The fourth-order valence-electron chi connectivity index (χ4n) is 6.58. The molecule has 2 atom stereocenters. The van der Waals surface area contributed by atoms with E-state index in [-0.39, 0.29) is 31.4 Å². The third-order valence-corrected chi connectivity index (χ3v) is 11.2. The minimum atomic E-state index is -4.80. The van der Waals surface area contributed by atoms with Gasteiger partial charge in [0.1, 0.15) is 12.1 Å². The Bertz CT molecular complexity index is 1610. The van der Waals surface area contributed by atoms with Gasteiger partial charge < -0.3 is 24.2 Å². The van der Waals surface area contributed by atoms with Gasteiger partial charge in [0.25, 0.3) is 0 Å². The Morgan fingerprint density at radius 1 is 1.00 bits per heavy atom. The van der Waals surface area contributed by atoms with Gasteiger partial charge in [-0.3, -0.25) is 18.9 Å². The van der Waals surface area contributed by atoms with E-state index in [1.54, 1.807) is 4.90 Å². The molecule has 12 heteroatoms. The van der Waals surface area contributed by atoms with E-state index in [9.17, 15) is 18.9 Å². The number of fused-ring (bicyclic) bond motifs is 2. The van der Waals surface area contributed by atoms with Gasteiger partial charge in [-0.1, -0.05) is 57.2 Å². The van der Waals surface area contributed by atoms with E-state index in [0.29, 0.717) is 49.2 Å². The van der Waals surface area contributed by atoms with Gasteiger partial charge in [0.05, 0.1) is 13.2 Å². The van der Waals surface area contributed by atoms with Crippen molar-refractivity contribution < 1.29 is 36.8 Å². The van der Waals surface area contributed by atoms with Crippen molar-refractivity contribution in [3.8, 4) is 0 Å². The first-order valence-corrected chi connectivity index (χ1v) is 17.8. The lowest BCUT2D eigenvalue weighted by Gasteiger charge is -2.37. The van der Waals surface area contributed by atoms with Crippen LogP contribution in [0.25, 0.3) is 6.08 Å². The highest BCUT2D eigenvalue weighted by atomic mass is 31.2. The summed E-state index contributed by atoms with van der Waals surface area (Å²) in [6, 6.07) is 10.4. The Kier molecular flexibility index (Phi) is 10.1. The molecule has 2 aromatic rings. The minimum absolute atomic E-state index is 0.0795. The van der Waals surface area contributed by atoms with Crippen LogP contribution in [-0.4, -0.2) is 65.9 Å². The van der Waals surface area contributed by atoms with Crippen molar-refractivity contribution in [1.82, 2.24) is 15.1 Å². The van der Waals surface area contributed by atoms with E-state index in [4.69, 9.17) is 9.05 Å². The molecule has 9 nitrogen and oxygen atoms in total. The van der Waals surface area contributed by atoms with Crippen molar-refractivity contribution in [2.75, 3.05) is 26.3 Å². The predicted molar refractivity (Wildman–Crippen MR) is 175 cm³/mol. The van der Waals surface area contributed by atoms with Crippen LogP contribution in [0.5, 0.6) is 0 Å². The molecule has 0 bridgehead atoms. The zero-order valence-electron chi connectivity index (χ0n) is 27.7. The molecule has 1 saturated heterocycles. The summed E-state index contributed by atoms with van der Waals surface area (Å²) in [7, 11) is -4.80. The van der Waals surface area contributed by atoms with Crippen molar-refractivity contribution in [2.45, 2.75) is 84.6 Å². The number of amides is 3. The Balaban J connectivity index is 1.32. The molecule has 1 fully saturated rings. The quantitative estimate of drug-likeness (QED) is 0.309. The van der Waals surface area contributed by atoms with E-state index in [1.165, 1.54) is 43.7 Å². The summed E-state index contributed by atoms with van der Waals surface area (Å²) in [5.41, 5.74) is -1.45. The van der Waals surface area contributed by atoms with E-state index in [0.717, 1.165) is 12.0 Å². The minimum Gasteiger partial charge on any atom is -0.340 e. The molecule has 2 aliphatic heterocycles. The molecule has 0 spiro atoms. The van der Waals surface area contributed by atoms with Gasteiger partial charge in [-0.05, 0) is 72.9 Å². The number of rotatable bonds is 10. The normalized spacial score (nSPS) is 18.8. The van der Waals surface area contributed by atoms with Gasteiger partial charge in [0.15, 0.2) is 0 Å². The van der Waals surface area contributed by atoms with Crippen LogP contribution in [0.1, 0.15) is 75.3 Å². The second kappa shape index (κ2) is 13.6. The average molecular weight is 672 g/mol. The lowest BCUT2D eigenvalue weighted by atomic mass is 9.85. The van der Waals surface area contributed by atoms with Gasteiger partial charge in [0.2, 0.25) is 17.7 Å². The highest BCUT2D eigenvalue weighted by Gasteiger charge is 2.55. The SMILES string of the molecule is CCOP(=O)(OCC)C(F)(F)c1ccc2c(c1)C=C(C(=O)N[C@H](C(=O)N1CCC[C@H]1C(=O)N1CCc3ccccc3C1)C(C)(C)C)C2. The van der Waals surface area contributed by atoms with Crippen LogP contribution < -0.4 is 5.32 Å². The number of alkyl halides is 2. The number of nitrogens with one attached hydrogen (secondary N) is 1. The number of hydrogen-bond donors (Lipinski definition) is 1. The monoisotopic (exact) mass is 671 g/mol. The van der Waals surface area contributed by atoms with Crippen LogP contribution in [-0.2, 0) is 53.0 Å². The number of benzene rings is 2. The van der Waals surface area contributed by atoms with Crippen molar-refractivity contribution >= 4 is 31.4 Å². The second-order valence-corrected chi connectivity index (χ2v) is 15.4. The third kappa shape index (κ3) is 6.94. The van der Waals surface area contributed by atoms with Crippen molar-refractivity contribution in [1.29, 1.82) is 0 Å². The molecule has 0 saturated carbocycles. The zero-order valence-corrected chi connectivity index (χ0v) is 28.6. The van der Waals surface area contributed by atoms with Crippen LogP contribution in [0.15, 0.2) is 48.0 Å². The Labute approximate surface area is 275 Å². The number of likely N-dealkylation sites (tertiary alicyclic amines) is 1. The molecule has 2 heterocycles. The summed E-state index contributed by atoms with van der Waals surface area (Å²) >= 11 is 0. The summed E-state index contributed by atoms with van der Waals surface area (Å²) in [6.45, 7) is 9.56. The van der Waals surface area contributed by atoms with Crippen molar-refractivity contribution in [3.05, 3.63) is 75.9 Å². The van der Waals surface area contributed by atoms with Crippen LogP contribution in [0, 0.1) is 5.41 Å². The third-order valence-electron chi connectivity index (χ3n) is 9.09. The maximum Gasteiger partial charge on any atom is 0.404 e. The van der Waals surface area contributed by atoms with Gasteiger partial charge in [-0.2, -0.15) is 8.78 Å². The second-order valence-electron chi connectivity index (χ2n) is 13.4. The van der Waals surface area contributed by atoms with Gasteiger partial charge in [-0.15, -0.1) is 0 Å². The summed E-state index contributed by atoms with van der Waals surface area (Å²) in [5.74, 6) is -0.893. The molecule has 5 rings (SSSR count). The van der Waals surface area contributed by atoms with Crippen molar-refractivity contribution in [2.24, 2.45) is 5.41 Å². The Morgan fingerprint density at radius 3 is 2.34 bits per heavy atom. The first-order valence-electron chi connectivity index (χ1n) is 16.3. The smallest absolute Gasteiger partial charge is 0.340 e. The van der Waals surface area contributed by atoms with Gasteiger partial charge >= 0.3 is 13.3 Å². The Morgan fingerprint density at radius 2 is 1.68 bits per heavy atom. The molecule has 3 amide bonds. The molecule has 1 N–H and O–H groups in total. The van der Waals surface area contributed by atoms with E-state index < -0.39 is 42.2 Å². The zero-order chi connectivity index (χ0) is 34.1. The predicted octanol–water partition coefficient (Wildman–Crippen LogP) is 6.05. The van der Waals surface area contributed by atoms with Gasteiger partial charge in [-0.25, -0.2) is 0 Å². The number of halogens is 2. The van der Waals surface area contributed by atoms with E-state index in [2.05, 4.69) is 11.4 Å². The number of carbonyl (C=O) groups excluding carboxylic acids is 3. The highest BCUT2D eigenvalue weighted by molar-refractivity contribution is 7.54. The molecule has 0 aromatic heterocycles. The molecule has 3 aliphatic rings. The fourth-order valence-corrected chi connectivity index (χ4v) is 8.12. The molecule has 2 aromatic carbocycles. The van der Waals surface area contributed by atoms with E-state index >= 15 is 8.78 Å². The molecular weight excluding hydrogens is 627 g/mol. The molecule has 1 aliphatic carbocycles. The van der Waals surface area contributed by atoms with E-state index in [1.807, 2.05) is 43.9 Å². The van der Waals surface area contributed by atoms with Crippen LogP contribution in [0.2, 0.25) is 0 Å². The Hall–Kier alpha value is -3.40. The fraction of sp³-hybridized carbons (Fsp3) is 0.514. The lowest BCUT2D eigenvalue weighted by Crippen LogP contribution is -2.58. The van der Waals surface area contributed by atoms with Crippen LogP contribution in [0.4, 0.5) is 8.78 Å². The van der Waals surface area contributed by atoms with Crippen molar-refractivity contribution in [3.63, 3.8) is 0 Å². The lowest BCUT2D eigenvalue weighted by molar-refractivity contribution is -0.147.